The number of hydrogen-bond donors (Lipinski definition) is 2. The topological polar surface area (TPSA) is 61.4 Å². The predicted octanol–water partition coefficient (Wildman–Crippen LogP) is 3.76. The first-order valence-corrected chi connectivity index (χ1v) is 9.23. The highest BCUT2D eigenvalue weighted by Crippen LogP contribution is 2.20. The second-order valence-corrected chi connectivity index (χ2v) is 7.34. The second kappa shape index (κ2) is 9.21. The summed E-state index contributed by atoms with van der Waals surface area (Å²) in [5.74, 6) is 0.0203. The minimum Gasteiger partial charge on any atom is -0.365 e. The van der Waals surface area contributed by atoms with E-state index < -0.39 is 0 Å². The average Bonchev–Trinajstić information content (AvgIpc) is 2.62. The van der Waals surface area contributed by atoms with Crippen LogP contribution >= 0.6 is 0 Å². The number of para-hydroxylation sites is 1. The molecule has 0 saturated heterocycles. The highest BCUT2D eigenvalue weighted by molar-refractivity contribution is 6.04. The molecule has 0 aromatic heterocycles. The summed E-state index contributed by atoms with van der Waals surface area (Å²) in [6.07, 6.45) is 0. The first-order chi connectivity index (χ1) is 12.8. The minimum absolute atomic E-state index is 0.164. The number of likely N-dealkylation sites (N-methyl/N-ethyl adjacent to an activating group) is 1. The van der Waals surface area contributed by atoms with E-state index >= 15 is 0 Å². The Morgan fingerprint density at radius 3 is 2.48 bits per heavy atom. The summed E-state index contributed by atoms with van der Waals surface area (Å²) in [5.41, 5.74) is 4.28. The Kier molecular flexibility index (Phi) is 6.99. The fourth-order valence-corrected chi connectivity index (χ4v) is 2.80. The van der Waals surface area contributed by atoms with Gasteiger partial charge in [-0.1, -0.05) is 38.1 Å². The zero-order valence-electron chi connectivity index (χ0n) is 16.8. The molecule has 2 N–H and O–H groups in total. The van der Waals surface area contributed by atoms with E-state index in [1.165, 1.54) is 0 Å². The molecular weight excluding hydrogens is 338 g/mol. The van der Waals surface area contributed by atoms with E-state index in [1.54, 1.807) is 18.2 Å². The molecule has 2 amide bonds. The normalized spacial score (nSPS) is 10.6. The zero-order chi connectivity index (χ0) is 20.0. The molecule has 0 spiro atoms. The SMILES string of the molecule is Cc1ccc(C)c(N(C)CC(=O)Nc2ccccc2C(=O)NCC(C)C)c1. The molecule has 0 saturated carbocycles. The van der Waals surface area contributed by atoms with E-state index in [1.807, 2.05) is 51.8 Å². The van der Waals surface area contributed by atoms with Crippen LogP contribution in [0.4, 0.5) is 11.4 Å². The van der Waals surface area contributed by atoms with Crippen molar-refractivity contribution in [2.24, 2.45) is 5.92 Å². The number of amides is 2. The van der Waals surface area contributed by atoms with Crippen LogP contribution in [0.3, 0.4) is 0 Å². The molecule has 0 aliphatic rings. The number of nitrogens with one attached hydrogen (secondary N) is 2. The van der Waals surface area contributed by atoms with Gasteiger partial charge in [0.1, 0.15) is 0 Å². The third-order valence-electron chi connectivity index (χ3n) is 4.27. The van der Waals surface area contributed by atoms with Gasteiger partial charge in [0.15, 0.2) is 0 Å². The summed E-state index contributed by atoms with van der Waals surface area (Å²) in [7, 11) is 1.89. The van der Waals surface area contributed by atoms with Crippen LogP contribution in [0.25, 0.3) is 0 Å². The minimum atomic E-state index is -0.178. The fraction of sp³-hybridized carbons (Fsp3) is 0.364. The summed E-state index contributed by atoms with van der Waals surface area (Å²) < 4.78 is 0. The maximum Gasteiger partial charge on any atom is 0.253 e. The van der Waals surface area contributed by atoms with Crippen LogP contribution < -0.4 is 15.5 Å². The van der Waals surface area contributed by atoms with Crippen LogP contribution in [0, 0.1) is 19.8 Å². The van der Waals surface area contributed by atoms with E-state index in [0.29, 0.717) is 23.7 Å². The maximum absolute atomic E-state index is 12.5. The molecule has 0 atom stereocenters. The number of carbonyl (C=O) groups excluding carboxylic acids is 2. The van der Waals surface area contributed by atoms with Gasteiger partial charge in [-0.25, -0.2) is 0 Å². The fourth-order valence-electron chi connectivity index (χ4n) is 2.80. The van der Waals surface area contributed by atoms with Crippen LogP contribution in [0.1, 0.15) is 35.3 Å². The quantitative estimate of drug-likeness (QED) is 0.783. The number of aryl methyl sites for hydroxylation is 2. The van der Waals surface area contributed by atoms with Crippen molar-refractivity contribution >= 4 is 23.2 Å². The van der Waals surface area contributed by atoms with E-state index in [9.17, 15) is 9.59 Å². The van der Waals surface area contributed by atoms with E-state index in [2.05, 4.69) is 22.8 Å². The number of nitrogens with zero attached hydrogens (tertiary/aromatic N) is 1. The molecule has 5 nitrogen and oxygen atoms in total. The Morgan fingerprint density at radius 1 is 1.07 bits per heavy atom. The lowest BCUT2D eigenvalue weighted by Gasteiger charge is -2.22. The first-order valence-electron chi connectivity index (χ1n) is 9.23. The number of carbonyl (C=O) groups is 2. The van der Waals surface area contributed by atoms with Crippen LogP contribution in [0.2, 0.25) is 0 Å². The Bertz CT molecular complexity index is 815. The molecule has 0 bridgehead atoms. The molecule has 2 rings (SSSR count). The van der Waals surface area contributed by atoms with Gasteiger partial charge in [0.2, 0.25) is 5.91 Å². The zero-order valence-corrected chi connectivity index (χ0v) is 16.8. The van der Waals surface area contributed by atoms with Crippen molar-refractivity contribution < 1.29 is 9.59 Å². The van der Waals surface area contributed by atoms with Gasteiger partial charge in [0, 0.05) is 19.3 Å². The smallest absolute Gasteiger partial charge is 0.253 e. The summed E-state index contributed by atoms with van der Waals surface area (Å²) in [6.45, 7) is 8.93. The van der Waals surface area contributed by atoms with Gasteiger partial charge in [0.05, 0.1) is 17.8 Å². The summed E-state index contributed by atoms with van der Waals surface area (Å²) in [6, 6.07) is 13.2. The maximum atomic E-state index is 12.5. The van der Waals surface area contributed by atoms with Gasteiger partial charge in [-0.05, 0) is 49.1 Å². The van der Waals surface area contributed by atoms with Crippen molar-refractivity contribution in [3.05, 3.63) is 59.2 Å². The Balaban J connectivity index is 2.07. The average molecular weight is 367 g/mol. The molecule has 0 radical (unpaired) electrons. The van der Waals surface area contributed by atoms with Crippen molar-refractivity contribution in [3.8, 4) is 0 Å². The van der Waals surface area contributed by atoms with E-state index in [0.717, 1.165) is 16.8 Å². The molecule has 0 fully saturated rings. The number of benzene rings is 2. The van der Waals surface area contributed by atoms with Gasteiger partial charge >= 0.3 is 0 Å². The van der Waals surface area contributed by atoms with Gasteiger partial charge in [0.25, 0.3) is 5.91 Å². The van der Waals surface area contributed by atoms with Gasteiger partial charge in [-0.15, -0.1) is 0 Å². The predicted molar refractivity (Wildman–Crippen MR) is 111 cm³/mol. The van der Waals surface area contributed by atoms with Crippen molar-refractivity contribution in [1.29, 1.82) is 0 Å². The monoisotopic (exact) mass is 367 g/mol. The number of hydrogen-bond acceptors (Lipinski definition) is 3. The Labute approximate surface area is 161 Å². The molecule has 2 aromatic carbocycles. The van der Waals surface area contributed by atoms with Gasteiger partial charge in [-0.2, -0.15) is 0 Å². The molecule has 5 heteroatoms. The van der Waals surface area contributed by atoms with Crippen LogP contribution in [0.5, 0.6) is 0 Å². The summed E-state index contributed by atoms with van der Waals surface area (Å²) in [4.78, 5) is 26.9. The molecular formula is C22H29N3O2. The lowest BCUT2D eigenvalue weighted by atomic mass is 10.1. The van der Waals surface area contributed by atoms with Crippen molar-refractivity contribution in [3.63, 3.8) is 0 Å². The van der Waals surface area contributed by atoms with Gasteiger partial charge in [-0.3, -0.25) is 9.59 Å². The van der Waals surface area contributed by atoms with Crippen LogP contribution in [-0.2, 0) is 4.79 Å². The van der Waals surface area contributed by atoms with Crippen LogP contribution in [-0.4, -0.2) is 32.0 Å². The molecule has 0 unspecified atom stereocenters. The first kappa shape index (κ1) is 20.5. The number of rotatable bonds is 7. The standard InChI is InChI=1S/C22H29N3O2/c1-15(2)13-23-22(27)18-8-6-7-9-19(18)24-21(26)14-25(5)20-12-16(3)10-11-17(20)4/h6-12,15H,13-14H2,1-5H3,(H,23,27)(H,24,26). The highest BCUT2D eigenvalue weighted by Gasteiger charge is 2.15. The molecule has 2 aromatic rings. The van der Waals surface area contributed by atoms with E-state index in [-0.39, 0.29) is 18.4 Å². The molecule has 144 valence electrons. The Hall–Kier alpha value is -2.82. The van der Waals surface area contributed by atoms with Crippen molar-refractivity contribution in [1.82, 2.24) is 5.32 Å². The number of anilines is 2. The molecule has 0 heterocycles. The van der Waals surface area contributed by atoms with E-state index in [4.69, 9.17) is 0 Å². The summed E-state index contributed by atoms with van der Waals surface area (Å²) in [5, 5.41) is 5.76. The Morgan fingerprint density at radius 2 is 1.78 bits per heavy atom. The lowest BCUT2D eigenvalue weighted by Crippen LogP contribution is -2.32. The summed E-state index contributed by atoms with van der Waals surface area (Å²) >= 11 is 0. The largest absolute Gasteiger partial charge is 0.365 e. The molecule has 0 aliphatic carbocycles. The molecule has 27 heavy (non-hydrogen) atoms. The second-order valence-electron chi connectivity index (χ2n) is 7.34. The van der Waals surface area contributed by atoms with Crippen LogP contribution in [0.15, 0.2) is 42.5 Å². The van der Waals surface area contributed by atoms with Crippen molar-refractivity contribution in [2.45, 2.75) is 27.7 Å². The van der Waals surface area contributed by atoms with Gasteiger partial charge < -0.3 is 15.5 Å². The van der Waals surface area contributed by atoms with Crippen molar-refractivity contribution in [2.75, 3.05) is 30.4 Å². The third-order valence-corrected chi connectivity index (χ3v) is 4.27. The highest BCUT2D eigenvalue weighted by atomic mass is 16.2. The third kappa shape index (κ3) is 5.84. The lowest BCUT2D eigenvalue weighted by molar-refractivity contribution is -0.114. The molecule has 0 aliphatic heterocycles.